The smallest absolute Gasteiger partial charge is 0.231 e. The van der Waals surface area contributed by atoms with Gasteiger partial charge in [0.2, 0.25) is 10.3 Å². The Bertz CT molecular complexity index is 1340. The van der Waals surface area contributed by atoms with Crippen molar-refractivity contribution in [3.05, 3.63) is 54.6 Å². The van der Waals surface area contributed by atoms with Gasteiger partial charge in [0.15, 0.2) is 0 Å². The van der Waals surface area contributed by atoms with Crippen molar-refractivity contribution in [1.82, 2.24) is 9.97 Å². The SMILES string of the molecule is CCN(CC)c1ccc(N=Nc2nc3sc(N=Nc4nc5ccccc5s4)cc3s2)cc1. The highest BCUT2D eigenvalue weighted by Gasteiger charge is 2.09. The average Bonchev–Trinajstić information content (AvgIpc) is 3.50. The number of rotatable bonds is 7. The van der Waals surface area contributed by atoms with Gasteiger partial charge in [-0.05, 0) is 56.3 Å². The Morgan fingerprint density at radius 3 is 2.22 bits per heavy atom. The molecule has 2 aromatic carbocycles. The predicted molar refractivity (Wildman–Crippen MR) is 135 cm³/mol. The summed E-state index contributed by atoms with van der Waals surface area (Å²) in [6, 6.07) is 18.1. The van der Waals surface area contributed by atoms with Crippen molar-refractivity contribution >= 4 is 80.4 Å². The number of thiazole rings is 2. The van der Waals surface area contributed by atoms with Gasteiger partial charge in [0.05, 0.1) is 20.6 Å². The fourth-order valence-corrected chi connectivity index (χ4v) is 5.85. The Balaban J connectivity index is 1.28. The zero-order valence-corrected chi connectivity index (χ0v) is 19.9. The van der Waals surface area contributed by atoms with Crippen LogP contribution in [0.25, 0.3) is 19.7 Å². The van der Waals surface area contributed by atoms with E-state index in [-0.39, 0.29) is 0 Å². The topological polar surface area (TPSA) is 78.5 Å². The van der Waals surface area contributed by atoms with Crippen LogP contribution in [0.1, 0.15) is 13.8 Å². The Morgan fingerprint density at radius 1 is 0.750 bits per heavy atom. The lowest BCUT2D eigenvalue weighted by molar-refractivity contribution is 0.866. The van der Waals surface area contributed by atoms with E-state index in [0.717, 1.165) is 43.5 Å². The lowest BCUT2D eigenvalue weighted by Crippen LogP contribution is -2.21. The summed E-state index contributed by atoms with van der Waals surface area (Å²) in [7, 11) is 0. The van der Waals surface area contributed by atoms with E-state index in [1.165, 1.54) is 39.7 Å². The number of para-hydroxylation sites is 1. The lowest BCUT2D eigenvalue weighted by Gasteiger charge is -2.20. The van der Waals surface area contributed by atoms with Gasteiger partial charge in [-0.3, -0.25) is 0 Å². The van der Waals surface area contributed by atoms with E-state index in [1.54, 1.807) is 0 Å². The van der Waals surface area contributed by atoms with Crippen LogP contribution in [0.4, 0.5) is 26.6 Å². The Hall–Kier alpha value is -3.08. The minimum Gasteiger partial charge on any atom is -0.372 e. The van der Waals surface area contributed by atoms with E-state index >= 15 is 0 Å². The molecule has 3 heterocycles. The molecule has 0 fully saturated rings. The van der Waals surface area contributed by atoms with Gasteiger partial charge in [0, 0.05) is 18.8 Å². The molecule has 0 spiro atoms. The van der Waals surface area contributed by atoms with Crippen LogP contribution in [0, 0.1) is 0 Å². The molecule has 5 aromatic rings. The molecule has 0 amide bonds. The monoisotopic (exact) mass is 477 g/mol. The molecule has 0 atom stereocenters. The Kier molecular flexibility index (Phi) is 5.97. The third-order valence-electron chi connectivity index (χ3n) is 4.81. The van der Waals surface area contributed by atoms with Gasteiger partial charge < -0.3 is 4.90 Å². The number of azo groups is 2. The molecule has 0 N–H and O–H groups in total. The standard InChI is InChI=1S/C22H19N7S3/c1-3-29(4-2)15-11-9-14(10-12-15)25-27-22-24-20-18(31-22)13-19(32-20)26-28-21-23-16-7-5-6-8-17(16)30-21/h5-13H,3-4H2,1-2H3. The number of nitrogens with zero attached hydrogens (tertiary/aromatic N) is 7. The van der Waals surface area contributed by atoms with Crippen molar-refractivity contribution in [3.63, 3.8) is 0 Å². The third-order valence-corrected chi connectivity index (χ3v) is 7.66. The van der Waals surface area contributed by atoms with Gasteiger partial charge in [-0.15, -0.1) is 20.5 Å². The first kappa shape index (κ1) is 20.8. The highest BCUT2D eigenvalue weighted by Crippen LogP contribution is 2.39. The highest BCUT2D eigenvalue weighted by molar-refractivity contribution is 7.30. The van der Waals surface area contributed by atoms with Crippen LogP contribution < -0.4 is 4.90 Å². The van der Waals surface area contributed by atoms with E-state index in [2.05, 4.69) is 61.3 Å². The molecule has 0 aliphatic heterocycles. The normalized spacial score (nSPS) is 12.1. The minimum absolute atomic E-state index is 0.633. The molecule has 5 rings (SSSR count). The highest BCUT2D eigenvalue weighted by atomic mass is 32.1. The van der Waals surface area contributed by atoms with Crippen molar-refractivity contribution in [2.45, 2.75) is 13.8 Å². The van der Waals surface area contributed by atoms with Gasteiger partial charge in [0.1, 0.15) is 9.83 Å². The summed E-state index contributed by atoms with van der Waals surface area (Å²) in [5, 5.41) is 19.4. The number of hydrogen-bond donors (Lipinski definition) is 0. The number of fused-ring (bicyclic) bond motifs is 2. The summed E-state index contributed by atoms with van der Waals surface area (Å²) in [6.07, 6.45) is 0. The van der Waals surface area contributed by atoms with E-state index in [4.69, 9.17) is 0 Å². The molecule has 0 saturated heterocycles. The van der Waals surface area contributed by atoms with Crippen LogP contribution in [-0.4, -0.2) is 23.1 Å². The minimum atomic E-state index is 0.633. The molecule has 160 valence electrons. The molecule has 10 heteroatoms. The summed E-state index contributed by atoms with van der Waals surface area (Å²) in [5.41, 5.74) is 2.94. The molecule has 0 aliphatic rings. The van der Waals surface area contributed by atoms with Crippen LogP contribution in [0.3, 0.4) is 0 Å². The molecule has 0 aliphatic carbocycles. The maximum atomic E-state index is 4.56. The molecule has 0 unspecified atom stereocenters. The maximum absolute atomic E-state index is 4.56. The Morgan fingerprint density at radius 2 is 1.47 bits per heavy atom. The van der Waals surface area contributed by atoms with Crippen molar-refractivity contribution in [2.75, 3.05) is 18.0 Å². The molecule has 7 nitrogen and oxygen atoms in total. The first-order valence-electron chi connectivity index (χ1n) is 10.2. The van der Waals surface area contributed by atoms with Crippen molar-refractivity contribution < 1.29 is 0 Å². The largest absolute Gasteiger partial charge is 0.372 e. The quantitative estimate of drug-likeness (QED) is 0.220. The van der Waals surface area contributed by atoms with Gasteiger partial charge in [-0.2, -0.15) is 0 Å². The van der Waals surface area contributed by atoms with Crippen LogP contribution in [0.2, 0.25) is 0 Å². The fourth-order valence-electron chi connectivity index (χ4n) is 3.22. The van der Waals surface area contributed by atoms with Crippen molar-refractivity contribution in [3.8, 4) is 0 Å². The molecule has 32 heavy (non-hydrogen) atoms. The second-order valence-corrected chi connectivity index (χ2v) is 9.83. The van der Waals surface area contributed by atoms with Crippen LogP contribution in [-0.2, 0) is 0 Å². The molecular formula is C22H19N7S3. The summed E-state index contributed by atoms with van der Waals surface area (Å²) >= 11 is 4.51. The maximum Gasteiger partial charge on any atom is 0.231 e. The summed E-state index contributed by atoms with van der Waals surface area (Å²) in [5.74, 6) is 0. The van der Waals surface area contributed by atoms with E-state index in [9.17, 15) is 0 Å². The molecular weight excluding hydrogens is 458 g/mol. The van der Waals surface area contributed by atoms with Crippen LogP contribution in [0.5, 0.6) is 0 Å². The van der Waals surface area contributed by atoms with Crippen LogP contribution in [0.15, 0.2) is 75.1 Å². The summed E-state index contributed by atoms with van der Waals surface area (Å²) < 4.78 is 2.13. The predicted octanol–water partition coefficient (Wildman–Crippen LogP) is 8.64. The van der Waals surface area contributed by atoms with Gasteiger partial charge >= 0.3 is 0 Å². The van der Waals surface area contributed by atoms with Gasteiger partial charge in [-0.25, -0.2) is 9.97 Å². The van der Waals surface area contributed by atoms with E-state index in [0.29, 0.717) is 10.3 Å². The van der Waals surface area contributed by atoms with Gasteiger partial charge in [-0.1, -0.05) is 46.1 Å². The molecule has 0 bridgehead atoms. The first-order valence-corrected chi connectivity index (χ1v) is 12.6. The third kappa shape index (κ3) is 4.43. The summed E-state index contributed by atoms with van der Waals surface area (Å²) in [4.78, 5) is 12.2. The first-order chi connectivity index (χ1) is 15.7. The average molecular weight is 478 g/mol. The lowest BCUT2D eigenvalue weighted by atomic mass is 10.2. The number of benzene rings is 2. The summed E-state index contributed by atoms with van der Waals surface area (Å²) in [6.45, 7) is 6.27. The Labute approximate surface area is 196 Å². The molecule has 0 radical (unpaired) electrons. The second kappa shape index (κ2) is 9.19. The molecule has 0 saturated carbocycles. The van der Waals surface area contributed by atoms with Crippen molar-refractivity contribution in [1.29, 1.82) is 0 Å². The zero-order valence-electron chi connectivity index (χ0n) is 17.5. The number of anilines is 1. The van der Waals surface area contributed by atoms with Crippen LogP contribution >= 0.6 is 34.0 Å². The van der Waals surface area contributed by atoms with E-state index in [1.807, 2.05) is 42.5 Å². The van der Waals surface area contributed by atoms with Crippen molar-refractivity contribution in [2.24, 2.45) is 20.5 Å². The fraction of sp³-hybridized carbons (Fsp3) is 0.182. The second-order valence-electron chi connectivity index (χ2n) is 6.80. The zero-order chi connectivity index (χ0) is 21.9. The van der Waals surface area contributed by atoms with E-state index < -0.39 is 0 Å². The number of thiophene rings is 1. The number of hydrogen-bond acceptors (Lipinski definition) is 10. The van der Waals surface area contributed by atoms with Gasteiger partial charge in [0.25, 0.3) is 0 Å². The number of aromatic nitrogens is 2. The molecule has 3 aromatic heterocycles.